The van der Waals surface area contributed by atoms with E-state index in [2.05, 4.69) is 4.98 Å². The molecule has 1 heterocycles. The molecule has 5 heteroatoms. The van der Waals surface area contributed by atoms with Crippen molar-refractivity contribution in [3.8, 4) is 5.75 Å². The molecule has 0 bridgehead atoms. The van der Waals surface area contributed by atoms with Gasteiger partial charge in [0, 0.05) is 13.3 Å². The maximum Gasteiger partial charge on any atom is 0.148 e. The Labute approximate surface area is 94.4 Å². The fourth-order valence-corrected chi connectivity index (χ4v) is 1.31. The second-order valence-corrected chi connectivity index (χ2v) is 3.54. The van der Waals surface area contributed by atoms with Gasteiger partial charge in [-0.25, -0.2) is 4.98 Å². The molecular weight excluding hydrogens is 212 g/mol. The number of nitrogens with two attached hydrogens (primary N) is 1. The van der Waals surface area contributed by atoms with E-state index in [1.807, 2.05) is 6.92 Å². The average Bonchev–Trinajstić information content (AvgIpc) is 2.18. The Morgan fingerprint density at radius 3 is 3.00 bits per heavy atom. The van der Waals surface area contributed by atoms with E-state index in [0.29, 0.717) is 18.1 Å². The molecule has 0 fully saturated rings. The maximum absolute atomic E-state index is 5.59. The molecule has 0 saturated carbocycles. The highest BCUT2D eigenvalue weighted by molar-refractivity contribution is 7.80. The van der Waals surface area contributed by atoms with E-state index in [1.54, 1.807) is 25.4 Å². The third-order valence-corrected chi connectivity index (χ3v) is 1.93. The first-order valence-electron chi connectivity index (χ1n) is 4.55. The van der Waals surface area contributed by atoms with Gasteiger partial charge in [0.1, 0.15) is 22.5 Å². The lowest BCUT2D eigenvalue weighted by atomic mass is 10.3. The lowest BCUT2D eigenvalue weighted by molar-refractivity contribution is 0.0917. The lowest BCUT2D eigenvalue weighted by Gasteiger charge is -2.15. The van der Waals surface area contributed by atoms with Crippen LogP contribution in [-0.4, -0.2) is 29.8 Å². The third-order valence-electron chi connectivity index (χ3n) is 1.73. The van der Waals surface area contributed by atoms with Gasteiger partial charge in [0.25, 0.3) is 0 Å². The summed E-state index contributed by atoms with van der Waals surface area (Å²) in [6.45, 7) is 2.41. The third kappa shape index (κ3) is 3.45. The van der Waals surface area contributed by atoms with Crippen LogP contribution in [0.3, 0.4) is 0 Å². The van der Waals surface area contributed by atoms with Crippen molar-refractivity contribution < 1.29 is 9.47 Å². The van der Waals surface area contributed by atoms with Crippen LogP contribution in [-0.2, 0) is 4.74 Å². The van der Waals surface area contributed by atoms with Gasteiger partial charge < -0.3 is 15.2 Å². The zero-order valence-corrected chi connectivity index (χ0v) is 9.58. The predicted molar refractivity (Wildman–Crippen MR) is 62.1 cm³/mol. The molecule has 0 aliphatic rings. The minimum absolute atomic E-state index is 0.0627. The first-order chi connectivity index (χ1) is 7.15. The topological polar surface area (TPSA) is 57.4 Å². The van der Waals surface area contributed by atoms with Crippen molar-refractivity contribution in [3.63, 3.8) is 0 Å². The average molecular weight is 226 g/mol. The first-order valence-corrected chi connectivity index (χ1v) is 4.96. The molecule has 0 radical (unpaired) electrons. The van der Waals surface area contributed by atoms with Crippen LogP contribution in [0.1, 0.15) is 12.6 Å². The zero-order valence-electron chi connectivity index (χ0n) is 8.77. The van der Waals surface area contributed by atoms with Crippen molar-refractivity contribution in [1.82, 2.24) is 4.98 Å². The van der Waals surface area contributed by atoms with E-state index in [0.717, 1.165) is 0 Å². The van der Waals surface area contributed by atoms with Crippen LogP contribution >= 0.6 is 12.2 Å². The van der Waals surface area contributed by atoms with Gasteiger partial charge in [0.2, 0.25) is 0 Å². The van der Waals surface area contributed by atoms with Crippen molar-refractivity contribution >= 4 is 17.2 Å². The van der Waals surface area contributed by atoms with Crippen molar-refractivity contribution in [2.75, 3.05) is 13.7 Å². The predicted octanol–water partition coefficient (Wildman–Crippen LogP) is 1.13. The molecular formula is C10H14N2O2S. The molecule has 2 N–H and O–H groups in total. The summed E-state index contributed by atoms with van der Waals surface area (Å²) in [6.07, 6.45) is 1.56. The number of hydrogen-bond acceptors (Lipinski definition) is 4. The molecule has 0 amide bonds. The summed E-state index contributed by atoms with van der Waals surface area (Å²) in [6, 6.07) is 3.56. The second kappa shape index (κ2) is 5.63. The van der Waals surface area contributed by atoms with Crippen LogP contribution in [0.5, 0.6) is 5.75 Å². The normalized spacial score (nSPS) is 12.1. The van der Waals surface area contributed by atoms with Crippen LogP contribution in [0.2, 0.25) is 0 Å². The van der Waals surface area contributed by atoms with Gasteiger partial charge in [-0.1, -0.05) is 12.2 Å². The molecule has 1 unspecified atom stereocenters. The van der Waals surface area contributed by atoms with E-state index in [-0.39, 0.29) is 11.1 Å². The minimum Gasteiger partial charge on any atom is -0.486 e. The summed E-state index contributed by atoms with van der Waals surface area (Å²) < 4.78 is 10.6. The monoisotopic (exact) mass is 226 g/mol. The summed E-state index contributed by atoms with van der Waals surface area (Å²) in [7, 11) is 1.62. The number of pyridine rings is 1. The summed E-state index contributed by atoms with van der Waals surface area (Å²) >= 11 is 4.87. The van der Waals surface area contributed by atoms with E-state index in [1.165, 1.54) is 0 Å². The summed E-state index contributed by atoms with van der Waals surface area (Å²) in [5.74, 6) is 0.592. The van der Waals surface area contributed by atoms with Gasteiger partial charge in [0.15, 0.2) is 0 Å². The molecule has 1 atom stereocenters. The minimum atomic E-state index is -0.0627. The number of methoxy groups -OCH3 is 1. The number of hydrogen-bond donors (Lipinski definition) is 1. The molecule has 4 nitrogen and oxygen atoms in total. The Kier molecular flexibility index (Phi) is 4.45. The summed E-state index contributed by atoms with van der Waals surface area (Å²) in [4.78, 5) is 4.29. The Bertz CT molecular complexity index is 344. The van der Waals surface area contributed by atoms with E-state index < -0.39 is 0 Å². The highest BCUT2D eigenvalue weighted by Crippen LogP contribution is 2.16. The Hall–Kier alpha value is -1.20. The van der Waals surface area contributed by atoms with Crippen molar-refractivity contribution in [1.29, 1.82) is 0 Å². The van der Waals surface area contributed by atoms with Gasteiger partial charge in [-0.2, -0.15) is 0 Å². The van der Waals surface area contributed by atoms with Crippen LogP contribution in [0.15, 0.2) is 18.3 Å². The Morgan fingerprint density at radius 2 is 2.40 bits per heavy atom. The van der Waals surface area contributed by atoms with E-state index >= 15 is 0 Å². The number of nitrogens with zero attached hydrogens (tertiary/aromatic N) is 1. The fourth-order valence-electron chi connectivity index (χ4n) is 1.16. The molecule has 1 aromatic heterocycles. The van der Waals surface area contributed by atoms with Gasteiger partial charge in [-0.3, -0.25) is 0 Å². The van der Waals surface area contributed by atoms with Crippen LogP contribution < -0.4 is 10.5 Å². The smallest absolute Gasteiger partial charge is 0.148 e. The first kappa shape index (κ1) is 11.9. The standard InChI is InChI=1S/C10H14N2O2S/c1-7(6-13-2)14-8-4-3-5-12-9(8)10(11)15/h3-5,7H,6H2,1-2H3,(H2,11,15). The molecule has 0 aromatic carbocycles. The quantitative estimate of drug-likeness (QED) is 0.763. The van der Waals surface area contributed by atoms with Crippen LogP contribution in [0.4, 0.5) is 0 Å². The SMILES string of the molecule is COCC(C)Oc1cccnc1C(N)=S. The largest absolute Gasteiger partial charge is 0.486 e. The van der Waals surface area contributed by atoms with Crippen LogP contribution in [0.25, 0.3) is 0 Å². The molecule has 15 heavy (non-hydrogen) atoms. The number of ether oxygens (including phenoxy) is 2. The molecule has 0 saturated heterocycles. The Morgan fingerprint density at radius 1 is 1.67 bits per heavy atom. The molecule has 0 spiro atoms. The molecule has 82 valence electrons. The molecule has 1 rings (SSSR count). The highest BCUT2D eigenvalue weighted by atomic mass is 32.1. The van der Waals surface area contributed by atoms with Crippen molar-refractivity contribution in [3.05, 3.63) is 24.0 Å². The molecule has 0 aliphatic carbocycles. The van der Waals surface area contributed by atoms with Crippen molar-refractivity contribution in [2.24, 2.45) is 5.73 Å². The van der Waals surface area contributed by atoms with Gasteiger partial charge in [-0.15, -0.1) is 0 Å². The number of thiocarbonyl (C=S) groups is 1. The van der Waals surface area contributed by atoms with Gasteiger partial charge >= 0.3 is 0 Å². The van der Waals surface area contributed by atoms with Gasteiger partial charge in [0.05, 0.1) is 6.61 Å². The second-order valence-electron chi connectivity index (χ2n) is 3.10. The number of aromatic nitrogens is 1. The van der Waals surface area contributed by atoms with E-state index in [4.69, 9.17) is 27.4 Å². The fraction of sp³-hybridized carbons (Fsp3) is 0.400. The molecule has 0 aliphatic heterocycles. The van der Waals surface area contributed by atoms with Crippen molar-refractivity contribution in [2.45, 2.75) is 13.0 Å². The number of rotatable bonds is 5. The Balaban J connectivity index is 2.79. The molecule has 1 aromatic rings. The lowest BCUT2D eigenvalue weighted by Crippen LogP contribution is -2.21. The maximum atomic E-state index is 5.59. The van der Waals surface area contributed by atoms with E-state index in [9.17, 15) is 0 Å². The zero-order chi connectivity index (χ0) is 11.3. The van der Waals surface area contributed by atoms with Crippen LogP contribution in [0, 0.1) is 0 Å². The highest BCUT2D eigenvalue weighted by Gasteiger charge is 2.10. The summed E-state index contributed by atoms with van der Waals surface area (Å²) in [5, 5.41) is 0. The van der Waals surface area contributed by atoms with Gasteiger partial charge in [-0.05, 0) is 19.1 Å². The summed E-state index contributed by atoms with van der Waals surface area (Å²) in [5.41, 5.74) is 6.03.